The SMILES string of the molecule is Cc1ccc2c(COC(=O)[C@@H](NS(=O)(=O)c3ccc4c(c3)OCCO4)C(C)C)cc(=O)oc2c1. The van der Waals surface area contributed by atoms with Gasteiger partial charge in [0.25, 0.3) is 0 Å². The number of ether oxygens (including phenoxy) is 3. The maximum atomic E-state index is 13.0. The van der Waals surface area contributed by atoms with Gasteiger partial charge in [-0.15, -0.1) is 0 Å². The van der Waals surface area contributed by atoms with Gasteiger partial charge in [-0.3, -0.25) is 4.79 Å². The Morgan fingerprint density at radius 1 is 1.06 bits per heavy atom. The van der Waals surface area contributed by atoms with Crippen molar-refractivity contribution in [2.45, 2.75) is 38.3 Å². The number of carbonyl (C=O) groups excluding carboxylic acids is 1. The summed E-state index contributed by atoms with van der Waals surface area (Å²) in [5, 5.41) is 0.635. The van der Waals surface area contributed by atoms with Crippen LogP contribution in [0.15, 0.2) is 56.6 Å². The topological polar surface area (TPSA) is 121 Å². The highest BCUT2D eigenvalue weighted by atomic mass is 32.2. The highest BCUT2D eigenvalue weighted by Crippen LogP contribution is 2.32. The van der Waals surface area contributed by atoms with Gasteiger partial charge in [-0.05, 0) is 36.6 Å². The van der Waals surface area contributed by atoms with E-state index < -0.39 is 33.6 Å². The number of esters is 1. The number of carbonyl (C=O) groups is 1. The first-order valence-corrected chi connectivity index (χ1v) is 12.2. The standard InChI is InChI=1S/C24H25NO8S/c1-14(2)23(25-34(28,29)17-5-7-19-21(12-17)31-9-8-30-19)24(27)32-13-16-11-22(26)33-20-10-15(3)4-6-18(16)20/h4-7,10-12,14,23,25H,8-9,13H2,1-3H3/t23-/m0/s1. The van der Waals surface area contributed by atoms with Crippen LogP contribution >= 0.6 is 0 Å². The lowest BCUT2D eigenvalue weighted by atomic mass is 10.1. The number of fused-ring (bicyclic) bond motifs is 2. The fourth-order valence-electron chi connectivity index (χ4n) is 3.58. The predicted octanol–water partition coefficient (Wildman–Crippen LogP) is 2.92. The zero-order valence-corrected chi connectivity index (χ0v) is 19.8. The molecule has 0 aliphatic carbocycles. The molecule has 0 spiro atoms. The van der Waals surface area contributed by atoms with Crippen LogP contribution in [0, 0.1) is 12.8 Å². The molecule has 1 N–H and O–H groups in total. The summed E-state index contributed by atoms with van der Waals surface area (Å²) in [4.78, 5) is 24.8. The Balaban J connectivity index is 1.52. The van der Waals surface area contributed by atoms with E-state index in [2.05, 4.69) is 4.72 Å². The average Bonchev–Trinajstić information content (AvgIpc) is 2.80. The summed E-state index contributed by atoms with van der Waals surface area (Å²) in [6, 6.07) is 9.72. The van der Waals surface area contributed by atoms with Crippen molar-refractivity contribution in [2.24, 2.45) is 5.92 Å². The lowest BCUT2D eigenvalue weighted by molar-refractivity contribution is -0.148. The number of hydrogen-bond donors (Lipinski definition) is 1. The van der Waals surface area contributed by atoms with Gasteiger partial charge in [0.2, 0.25) is 10.0 Å². The Labute approximate surface area is 196 Å². The molecule has 0 saturated heterocycles. The quantitative estimate of drug-likeness (QED) is 0.399. The van der Waals surface area contributed by atoms with Crippen LogP contribution in [0.1, 0.15) is 25.0 Å². The number of hydrogen-bond acceptors (Lipinski definition) is 8. The molecule has 0 bridgehead atoms. The molecule has 0 radical (unpaired) electrons. The van der Waals surface area contributed by atoms with E-state index in [0.29, 0.717) is 41.2 Å². The summed E-state index contributed by atoms with van der Waals surface area (Å²) in [6.07, 6.45) is 0. The lowest BCUT2D eigenvalue weighted by Crippen LogP contribution is -2.45. The molecular weight excluding hydrogens is 462 g/mol. The molecule has 34 heavy (non-hydrogen) atoms. The third-order valence-corrected chi connectivity index (χ3v) is 6.82. The van der Waals surface area contributed by atoms with Crippen LogP contribution in [0.25, 0.3) is 11.0 Å². The molecule has 0 fully saturated rings. The van der Waals surface area contributed by atoms with E-state index in [1.54, 1.807) is 26.0 Å². The van der Waals surface area contributed by atoms with Crippen LogP contribution in [0.2, 0.25) is 0 Å². The molecule has 1 aliphatic heterocycles. The van der Waals surface area contributed by atoms with Crippen LogP contribution in [0.4, 0.5) is 0 Å². The van der Waals surface area contributed by atoms with Crippen molar-refractivity contribution in [3.8, 4) is 11.5 Å². The van der Waals surface area contributed by atoms with Crippen molar-refractivity contribution in [1.82, 2.24) is 4.72 Å². The lowest BCUT2D eigenvalue weighted by Gasteiger charge is -2.22. The van der Waals surface area contributed by atoms with Crippen molar-refractivity contribution in [1.29, 1.82) is 0 Å². The van der Waals surface area contributed by atoms with Gasteiger partial charge in [0.1, 0.15) is 31.4 Å². The van der Waals surface area contributed by atoms with Crippen LogP contribution in [-0.4, -0.2) is 33.6 Å². The van der Waals surface area contributed by atoms with Crippen LogP contribution in [-0.2, 0) is 26.2 Å². The van der Waals surface area contributed by atoms with E-state index in [0.717, 1.165) is 5.56 Å². The zero-order valence-electron chi connectivity index (χ0n) is 19.0. The maximum absolute atomic E-state index is 13.0. The first kappa shape index (κ1) is 23.8. The van der Waals surface area contributed by atoms with E-state index in [-0.39, 0.29) is 11.5 Å². The molecule has 3 aromatic rings. The number of benzene rings is 2. The molecule has 4 rings (SSSR count). The molecule has 0 unspecified atom stereocenters. The monoisotopic (exact) mass is 487 g/mol. The Morgan fingerprint density at radius 2 is 1.79 bits per heavy atom. The van der Waals surface area contributed by atoms with Crippen molar-refractivity contribution in [2.75, 3.05) is 13.2 Å². The fourth-order valence-corrected chi connectivity index (χ4v) is 4.93. The highest BCUT2D eigenvalue weighted by molar-refractivity contribution is 7.89. The molecule has 1 aromatic heterocycles. The number of aryl methyl sites for hydroxylation is 1. The minimum atomic E-state index is -4.06. The molecule has 1 atom stereocenters. The molecule has 1 aliphatic rings. The van der Waals surface area contributed by atoms with Crippen molar-refractivity contribution in [3.63, 3.8) is 0 Å². The van der Waals surface area contributed by atoms with Gasteiger partial charge in [-0.2, -0.15) is 4.72 Å². The summed E-state index contributed by atoms with van der Waals surface area (Å²) < 4.78 is 49.9. The summed E-state index contributed by atoms with van der Waals surface area (Å²) in [7, 11) is -4.06. The predicted molar refractivity (Wildman–Crippen MR) is 123 cm³/mol. The first-order chi connectivity index (χ1) is 16.1. The zero-order chi connectivity index (χ0) is 24.5. The fraction of sp³-hybridized carbons (Fsp3) is 0.333. The van der Waals surface area contributed by atoms with Gasteiger partial charge in [0.05, 0.1) is 4.90 Å². The molecule has 0 amide bonds. The minimum Gasteiger partial charge on any atom is -0.486 e. The summed E-state index contributed by atoms with van der Waals surface area (Å²) in [6.45, 7) is 5.76. The molecule has 2 aromatic carbocycles. The highest BCUT2D eigenvalue weighted by Gasteiger charge is 2.30. The molecule has 2 heterocycles. The second kappa shape index (κ2) is 9.47. The summed E-state index contributed by atoms with van der Waals surface area (Å²) in [5.74, 6) is -0.382. The number of sulfonamides is 1. The normalized spacial score (nSPS) is 14.2. The van der Waals surface area contributed by atoms with E-state index in [9.17, 15) is 18.0 Å². The van der Waals surface area contributed by atoms with Gasteiger partial charge in [-0.1, -0.05) is 26.0 Å². The molecule has 9 nitrogen and oxygen atoms in total. The third kappa shape index (κ3) is 5.07. The van der Waals surface area contributed by atoms with Crippen LogP contribution < -0.4 is 19.8 Å². The van der Waals surface area contributed by atoms with Crippen LogP contribution in [0.5, 0.6) is 11.5 Å². The molecule has 0 saturated carbocycles. The number of rotatable bonds is 7. The van der Waals surface area contributed by atoms with Crippen molar-refractivity contribution < 1.29 is 31.8 Å². The molecule has 180 valence electrons. The Bertz CT molecular complexity index is 1390. The summed E-state index contributed by atoms with van der Waals surface area (Å²) >= 11 is 0. The molecule has 10 heteroatoms. The smallest absolute Gasteiger partial charge is 0.336 e. The second-order valence-electron chi connectivity index (χ2n) is 8.35. The third-order valence-electron chi connectivity index (χ3n) is 5.38. The van der Waals surface area contributed by atoms with Crippen molar-refractivity contribution >= 4 is 27.0 Å². The van der Waals surface area contributed by atoms with Gasteiger partial charge < -0.3 is 18.6 Å². The van der Waals surface area contributed by atoms with E-state index in [1.807, 2.05) is 13.0 Å². The van der Waals surface area contributed by atoms with Gasteiger partial charge in [0, 0.05) is 23.1 Å². The second-order valence-corrected chi connectivity index (χ2v) is 10.1. The first-order valence-electron chi connectivity index (χ1n) is 10.8. The number of nitrogens with one attached hydrogen (secondary N) is 1. The van der Waals surface area contributed by atoms with Gasteiger partial charge in [0.15, 0.2) is 11.5 Å². The van der Waals surface area contributed by atoms with Crippen molar-refractivity contribution in [3.05, 3.63) is 64.0 Å². The van der Waals surface area contributed by atoms with Gasteiger partial charge in [-0.25, -0.2) is 13.2 Å². The average molecular weight is 488 g/mol. The van der Waals surface area contributed by atoms with E-state index in [4.69, 9.17) is 18.6 Å². The Hall–Kier alpha value is -3.37. The summed E-state index contributed by atoms with van der Waals surface area (Å²) in [5.41, 5.74) is 1.21. The maximum Gasteiger partial charge on any atom is 0.336 e. The van der Waals surface area contributed by atoms with Gasteiger partial charge >= 0.3 is 11.6 Å². The van der Waals surface area contributed by atoms with E-state index in [1.165, 1.54) is 24.3 Å². The molecular formula is C24H25NO8S. The largest absolute Gasteiger partial charge is 0.486 e. The van der Waals surface area contributed by atoms with Crippen LogP contribution in [0.3, 0.4) is 0 Å². The minimum absolute atomic E-state index is 0.0581. The van der Waals surface area contributed by atoms with E-state index >= 15 is 0 Å². The Kier molecular flexibility index (Phi) is 6.63. The Morgan fingerprint density at radius 3 is 2.53 bits per heavy atom.